The van der Waals surface area contributed by atoms with Gasteiger partial charge in [-0.3, -0.25) is 19.7 Å². The van der Waals surface area contributed by atoms with Crippen LogP contribution in [0.1, 0.15) is 5.56 Å². The highest BCUT2D eigenvalue weighted by Crippen LogP contribution is 2.21. The predicted octanol–water partition coefficient (Wildman–Crippen LogP) is 0.544. The topological polar surface area (TPSA) is 121 Å². The van der Waals surface area contributed by atoms with Crippen LogP contribution in [0.15, 0.2) is 29.1 Å². The molecule has 3 N–H and O–H groups in total. The van der Waals surface area contributed by atoms with E-state index < -0.39 is 22.4 Å². The first-order valence-electron chi connectivity index (χ1n) is 4.93. The van der Waals surface area contributed by atoms with Gasteiger partial charge in [0, 0.05) is 12.1 Å². The van der Waals surface area contributed by atoms with Crippen molar-refractivity contribution in [2.24, 2.45) is 0 Å². The summed E-state index contributed by atoms with van der Waals surface area (Å²) in [5, 5.41) is 29.1. The lowest BCUT2D eigenvalue weighted by Gasteiger charge is -2.02. The highest BCUT2D eigenvalue weighted by molar-refractivity contribution is 5.35. The van der Waals surface area contributed by atoms with Gasteiger partial charge in [0.1, 0.15) is 0 Å². The van der Waals surface area contributed by atoms with Crippen LogP contribution in [0.5, 0.6) is 11.8 Å². The lowest BCUT2D eigenvalue weighted by atomic mass is 10.2. The van der Waals surface area contributed by atoms with Gasteiger partial charge in [0.2, 0.25) is 0 Å². The van der Waals surface area contributed by atoms with Crippen LogP contribution in [0.4, 0.5) is 5.69 Å². The van der Waals surface area contributed by atoms with E-state index in [0.29, 0.717) is 5.56 Å². The molecule has 94 valence electrons. The largest absolute Gasteiger partial charge is 0.491 e. The molecule has 0 saturated heterocycles. The molecular formula is C10H9N3O5. The number of imidazole rings is 1. The molecule has 0 saturated carbocycles. The average Bonchev–Trinajstić information content (AvgIpc) is 2.56. The first-order valence-corrected chi connectivity index (χ1v) is 4.93. The molecule has 0 atom stereocenters. The number of benzene rings is 1. The normalized spacial score (nSPS) is 10.4. The van der Waals surface area contributed by atoms with E-state index in [1.165, 1.54) is 18.2 Å². The third-order valence-electron chi connectivity index (χ3n) is 2.40. The molecule has 1 aromatic heterocycles. The fourth-order valence-electron chi connectivity index (χ4n) is 1.55. The molecule has 2 aromatic rings. The van der Waals surface area contributed by atoms with Crippen molar-refractivity contribution in [3.8, 4) is 11.8 Å². The zero-order valence-electron chi connectivity index (χ0n) is 9.03. The molecule has 1 aromatic carbocycles. The number of aromatic amines is 1. The molecule has 0 aliphatic rings. The molecular weight excluding hydrogens is 242 g/mol. The molecule has 0 amide bonds. The molecule has 0 spiro atoms. The van der Waals surface area contributed by atoms with Crippen LogP contribution in [0.2, 0.25) is 0 Å². The molecule has 0 fully saturated rings. The summed E-state index contributed by atoms with van der Waals surface area (Å²) in [7, 11) is 0. The van der Waals surface area contributed by atoms with Gasteiger partial charge < -0.3 is 10.2 Å². The summed E-state index contributed by atoms with van der Waals surface area (Å²) >= 11 is 0. The van der Waals surface area contributed by atoms with Gasteiger partial charge in [-0.15, -0.1) is 0 Å². The quantitative estimate of drug-likeness (QED) is 0.543. The van der Waals surface area contributed by atoms with E-state index in [0.717, 1.165) is 4.57 Å². The highest BCUT2D eigenvalue weighted by atomic mass is 16.6. The van der Waals surface area contributed by atoms with E-state index in [-0.39, 0.29) is 12.2 Å². The van der Waals surface area contributed by atoms with Crippen LogP contribution in [0.3, 0.4) is 0 Å². The second-order valence-corrected chi connectivity index (χ2v) is 3.62. The van der Waals surface area contributed by atoms with Crippen molar-refractivity contribution >= 4 is 5.69 Å². The van der Waals surface area contributed by atoms with Crippen LogP contribution in [-0.2, 0) is 6.54 Å². The second kappa shape index (κ2) is 4.24. The Hall–Kier alpha value is -2.77. The molecule has 18 heavy (non-hydrogen) atoms. The zero-order valence-corrected chi connectivity index (χ0v) is 9.03. The lowest BCUT2D eigenvalue weighted by Crippen LogP contribution is -2.17. The Bertz CT molecular complexity index is 658. The number of hydrogen-bond donors (Lipinski definition) is 3. The maximum atomic E-state index is 11.3. The maximum absolute atomic E-state index is 11.3. The first kappa shape index (κ1) is 11.7. The summed E-state index contributed by atoms with van der Waals surface area (Å²) in [6.45, 7) is -0.0800. The van der Waals surface area contributed by atoms with Crippen molar-refractivity contribution < 1.29 is 15.1 Å². The number of nitro benzene ring substituents is 1. The van der Waals surface area contributed by atoms with Gasteiger partial charge in [0.15, 0.2) is 0 Å². The minimum absolute atomic E-state index is 0.0800. The van der Waals surface area contributed by atoms with Crippen molar-refractivity contribution in [3.63, 3.8) is 0 Å². The number of aromatic hydroxyl groups is 2. The van der Waals surface area contributed by atoms with Gasteiger partial charge in [-0.1, -0.05) is 12.1 Å². The fourth-order valence-corrected chi connectivity index (χ4v) is 1.55. The molecule has 0 aliphatic carbocycles. The number of nitro groups is 1. The van der Waals surface area contributed by atoms with Crippen molar-refractivity contribution in [1.29, 1.82) is 0 Å². The van der Waals surface area contributed by atoms with Gasteiger partial charge in [0.05, 0.1) is 11.5 Å². The van der Waals surface area contributed by atoms with Crippen LogP contribution in [-0.4, -0.2) is 24.7 Å². The standard InChI is InChI=1S/C10H9N3O5/c14-8-9(15)12(10(16)11-8)5-6-2-1-3-7(4-6)13(17)18/h1-4,14-15H,5H2,(H,11,16). The average molecular weight is 251 g/mol. The van der Waals surface area contributed by atoms with Gasteiger partial charge in [0.25, 0.3) is 17.4 Å². The molecule has 0 bridgehead atoms. The van der Waals surface area contributed by atoms with E-state index in [9.17, 15) is 20.0 Å². The summed E-state index contributed by atoms with van der Waals surface area (Å²) < 4.78 is 0.869. The van der Waals surface area contributed by atoms with E-state index in [2.05, 4.69) is 0 Å². The van der Waals surface area contributed by atoms with E-state index in [1.54, 1.807) is 6.07 Å². The Morgan fingerprint density at radius 2 is 2.11 bits per heavy atom. The summed E-state index contributed by atoms with van der Waals surface area (Å²) in [6, 6.07) is 5.65. The molecule has 0 radical (unpaired) electrons. The van der Waals surface area contributed by atoms with E-state index in [4.69, 9.17) is 5.11 Å². The van der Waals surface area contributed by atoms with Gasteiger partial charge >= 0.3 is 5.69 Å². The number of nitrogens with one attached hydrogen (secondary N) is 1. The monoisotopic (exact) mass is 251 g/mol. The van der Waals surface area contributed by atoms with Crippen LogP contribution in [0.25, 0.3) is 0 Å². The summed E-state index contributed by atoms with van der Waals surface area (Å²) in [5.41, 5.74) is -0.350. The molecule has 8 heteroatoms. The van der Waals surface area contributed by atoms with E-state index in [1.807, 2.05) is 4.98 Å². The van der Waals surface area contributed by atoms with Crippen molar-refractivity contribution in [1.82, 2.24) is 9.55 Å². The van der Waals surface area contributed by atoms with Crippen LogP contribution < -0.4 is 5.69 Å². The summed E-state index contributed by atoms with van der Waals surface area (Å²) in [4.78, 5) is 23.4. The summed E-state index contributed by atoms with van der Waals surface area (Å²) in [5.74, 6) is -1.24. The molecule has 0 aliphatic heterocycles. The number of non-ortho nitro benzene ring substituents is 1. The summed E-state index contributed by atoms with van der Waals surface area (Å²) in [6.07, 6.45) is 0. The fraction of sp³-hybridized carbons (Fsp3) is 0.100. The zero-order chi connectivity index (χ0) is 13.3. The second-order valence-electron chi connectivity index (χ2n) is 3.62. The third kappa shape index (κ3) is 2.03. The van der Waals surface area contributed by atoms with Crippen molar-refractivity contribution in [2.45, 2.75) is 6.54 Å². The Morgan fingerprint density at radius 1 is 1.39 bits per heavy atom. The Balaban J connectivity index is 2.37. The van der Waals surface area contributed by atoms with Gasteiger partial charge in [-0.25, -0.2) is 4.79 Å². The molecule has 0 unspecified atom stereocenters. The van der Waals surface area contributed by atoms with E-state index >= 15 is 0 Å². The molecule has 1 heterocycles. The number of hydrogen-bond acceptors (Lipinski definition) is 5. The van der Waals surface area contributed by atoms with Crippen molar-refractivity contribution in [2.75, 3.05) is 0 Å². The SMILES string of the molecule is O=c1[nH]c(O)c(O)n1Cc1cccc([N+](=O)[O-])c1. The number of H-pyrrole nitrogens is 1. The molecule has 8 nitrogen and oxygen atoms in total. The first-order chi connectivity index (χ1) is 8.49. The highest BCUT2D eigenvalue weighted by Gasteiger charge is 2.13. The Kier molecular flexibility index (Phi) is 2.76. The lowest BCUT2D eigenvalue weighted by molar-refractivity contribution is -0.384. The maximum Gasteiger partial charge on any atom is 0.331 e. The molecule has 2 rings (SSSR count). The number of aromatic nitrogens is 2. The van der Waals surface area contributed by atoms with Gasteiger partial charge in [-0.2, -0.15) is 0 Å². The minimum atomic E-state index is -0.698. The van der Waals surface area contributed by atoms with Crippen LogP contribution >= 0.6 is 0 Å². The predicted molar refractivity (Wildman–Crippen MR) is 60.6 cm³/mol. The smallest absolute Gasteiger partial charge is 0.331 e. The number of rotatable bonds is 3. The van der Waals surface area contributed by atoms with Crippen molar-refractivity contribution in [3.05, 3.63) is 50.4 Å². The Labute approximate surface area is 99.9 Å². The Morgan fingerprint density at radius 3 is 2.67 bits per heavy atom. The minimum Gasteiger partial charge on any atom is -0.491 e. The number of nitrogens with zero attached hydrogens (tertiary/aromatic N) is 2. The third-order valence-corrected chi connectivity index (χ3v) is 2.40. The van der Waals surface area contributed by atoms with Crippen LogP contribution in [0, 0.1) is 10.1 Å². The van der Waals surface area contributed by atoms with Gasteiger partial charge in [-0.05, 0) is 5.56 Å².